The number of nitrogens with one attached hydrogen (secondary N) is 1. The minimum Gasteiger partial charge on any atom is -0.379 e. The van der Waals surface area contributed by atoms with E-state index in [-0.39, 0.29) is 5.60 Å². The van der Waals surface area contributed by atoms with Crippen LogP contribution in [0.15, 0.2) is 0 Å². The highest BCUT2D eigenvalue weighted by Crippen LogP contribution is 2.16. The summed E-state index contributed by atoms with van der Waals surface area (Å²) in [7, 11) is 1.79. The highest BCUT2D eigenvalue weighted by molar-refractivity contribution is 4.79. The summed E-state index contributed by atoms with van der Waals surface area (Å²) in [6.45, 7) is 12.5. The Labute approximate surface area is 107 Å². The van der Waals surface area contributed by atoms with Crippen LogP contribution in [0.2, 0.25) is 0 Å². The van der Waals surface area contributed by atoms with Crippen LogP contribution in [0.25, 0.3) is 0 Å². The molecule has 0 spiro atoms. The molecule has 3 heteroatoms. The summed E-state index contributed by atoms with van der Waals surface area (Å²) in [6, 6.07) is 1.17. The van der Waals surface area contributed by atoms with E-state index in [0.717, 1.165) is 13.0 Å². The molecule has 2 unspecified atom stereocenters. The van der Waals surface area contributed by atoms with Gasteiger partial charge in [-0.05, 0) is 60.0 Å². The maximum atomic E-state index is 5.46. The molecule has 2 atom stereocenters. The van der Waals surface area contributed by atoms with Crippen molar-refractivity contribution in [3.05, 3.63) is 0 Å². The molecule has 3 nitrogen and oxygen atoms in total. The highest BCUT2D eigenvalue weighted by atomic mass is 16.5. The third-order valence-corrected chi connectivity index (χ3v) is 3.88. The molecule has 1 heterocycles. The molecule has 17 heavy (non-hydrogen) atoms. The van der Waals surface area contributed by atoms with Crippen molar-refractivity contribution < 1.29 is 4.74 Å². The predicted molar refractivity (Wildman–Crippen MR) is 73.4 cm³/mol. The molecule has 0 amide bonds. The molecule has 1 aliphatic rings. The first-order valence-corrected chi connectivity index (χ1v) is 6.97. The Morgan fingerprint density at radius 3 is 2.35 bits per heavy atom. The minimum absolute atomic E-state index is 0.0245. The first-order valence-electron chi connectivity index (χ1n) is 6.97. The molecule has 0 aromatic carbocycles. The van der Waals surface area contributed by atoms with Crippen LogP contribution in [0.3, 0.4) is 0 Å². The Kier molecular flexibility index (Phi) is 5.90. The van der Waals surface area contributed by atoms with Gasteiger partial charge in [-0.1, -0.05) is 0 Å². The Bertz CT molecular complexity index is 212. The molecule has 1 N–H and O–H groups in total. The van der Waals surface area contributed by atoms with Crippen molar-refractivity contribution in [1.82, 2.24) is 10.2 Å². The quantitative estimate of drug-likeness (QED) is 0.741. The predicted octanol–water partition coefficient (Wildman–Crippen LogP) is 2.26. The second-order valence-electron chi connectivity index (χ2n) is 6.07. The van der Waals surface area contributed by atoms with Crippen molar-refractivity contribution in [3.8, 4) is 0 Å². The van der Waals surface area contributed by atoms with Gasteiger partial charge >= 0.3 is 0 Å². The average molecular weight is 242 g/mol. The molecular formula is C14H30N2O. The van der Waals surface area contributed by atoms with Gasteiger partial charge in [0.05, 0.1) is 5.60 Å². The van der Waals surface area contributed by atoms with E-state index < -0.39 is 0 Å². The van der Waals surface area contributed by atoms with Crippen LogP contribution in [-0.4, -0.2) is 49.3 Å². The van der Waals surface area contributed by atoms with E-state index in [1.807, 2.05) is 0 Å². The van der Waals surface area contributed by atoms with E-state index in [9.17, 15) is 0 Å². The maximum Gasteiger partial charge on any atom is 0.0637 e. The Hall–Kier alpha value is -0.120. The van der Waals surface area contributed by atoms with Gasteiger partial charge in [0, 0.05) is 25.7 Å². The van der Waals surface area contributed by atoms with Crippen molar-refractivity contribution in [3.63, 3.8) is 0 Å². The monoisotopic (exact) mass is 242 g/mol. The van der Waals surface area contributed by atoms with Crippen molar-refractivity contribution in [2.45, 2.75) is 64.6 Å². The van der Waals surface area contributed by atoms with Gasteiger partial charge in [0.2, 0.25) is 0 Å². The van der Waals surface area contributed by atoms with Gasteiger partial charge < -0.3 is 10.1 Å². The lowest BCUT2D eigenvalue weighted by Crippen LogP contribution is -2.43. The van der Waals surface area contributed by atoms with Gasteiger partial charge in [-0.15, -0.1) is 0 Å². The summed E-state index contributed by atoms with van der Waals surface area (Å²) in [5.74, 6) is 0. The zero-order chi connectivity index (χ0) is 12.9. The lowest BCUT2D eigenvalue weighted by molar-refractivity contribution is 0.00815. The summed E-state index contributed by atoms with van der Waals surface area (Å²) >= 11 is 0. The van der Waals surface area contributed by atoms with Crippen LogP contribution < -0.4 is 5.32 Å². The van der Waals surface area contributed by atoms with Crippen LogP contribution in [0.4, 0.5) is 0 Å². The maximum absolute atomic E-state index is 5.46. The van der Waals surface area contributed by atoms with E-state index in [0.29, 0.717) is 12.1 Å². The average Bonchev–Trinajstić information content (AvgIpc) is 2.78. The molecule has 1 saturated heterocycles. The van der Waals surface area contributed by atoms with Gasteiger partial charge in [0.25, 0.3) is 0 Å². The zero-order valence-electron chi connectivity index (χ0n) is 12.3. The lowest BCUT2D eigenvalue weighted by atomic mass is 10.00. The molecule has 0 radical (unpaired) electrons. The fourth-order valence-corrected chi connectivity index (χ4v) is 2.58. The van der Waals surface area contributed by atoms with Gasteiger partial charge in [-0.25, -0.2) is 0 Å². The molecule has 0 aromatic rings. The van der Waals surface area contributed by atoms with Crippen LogP contribution in [0.1, 0.15) is 47.0 Å². The topological polar surface area (TPSA) is 24.5 Å². The first-order chi connectivity index (χ1) is 7.94. The lowest BCUT2D eigenvalue weighted by Gasteiger charge is -2.30. The second kappa shape index (κ2) is 6.72. The van der Waals surface area contributed by atoms with Crippen LogP contribution in [0, 0.1) is 0 Å². The van der Waals surface area contributed by atoms with Crippen LogP contribution >= 0.6 is 0 Å². The summed E-state index contributed by atoms with van der Waals surface area (Å²) in [6.07, 6.45) is 3.80. The minimum atomic E-state index is -0.0245. The van der Waals surface area contributed by atoms with E-state index in [4.69, 9.17) is 4.74 Å². The SMILES string of the molecule is COC(C)(C)CC(C)NCC(C)N1CCCC1. The van der Waals surface area contributed by atoms with E-state index in [2.05, 4.69) is 37.9 Å². The number of nitrogens with zero attached hydrogens (tertiary/aromatic N) is 1. The molecular weight excluding hydrogens is 212 g/mol. The number of rotatable bonds is 7. The Balaban J connectivity index is 2.20. The Morgan fingerprint density at radius 2 is 1.82 bits per heavy atom. The largest absolute Gasteiger partial charge is 0.379 e. The number of ether oxygens (including phenoxy) is 1. The van der Waals surface area contributed by atoms with Crippen molar-refractivity contribution in [2.24, 2.45) is 0 Å². The summed E-state index contributed by atoms with van der Waals surface area (Å²) in [4.78, 5) is 2.58. The summed E-state index contributed by atoms with van der Waals surface area (Å²) in [5, 5.41) is 3.63. The highest BCUT2D eigenvalue weighted by Gasteiger charge is 2.22. The van der Waals surface area contributed by atoms with Crippen molar-refractivity contribution in [1.29, 1.82) is 0 Å². The number of hydrogen-bond donors (Lipinski definition) is 1. The summed E-state index contributed by atoms with van der Waals surface area (Å²) in [5.41, 5.74) is -0.0245. The Morgan fingerprint density at radius 1 is 1.24 bits per heavy atom. The van der Waals surface area contributed by atoms with E-state index in [1.165, 1.54) is 25.9 Å². The van der Waals surface area contributed by atoms with Gasteiger partial charge in [0.1, 0.15) is 0 Å². The number of methoxy groups -OCH3 is 1. The third kappa shape index (κ3) is 5.36. The molecule has 1 fully saturated rings. The van der Waals surface area contributed by atoms with Gasteiger partial charge in [-0.3, -0.25) is 4.90 Å². The van der Waals surface area contributed by atoms with Crippen molar-refractivity contribution >= 4 is 0 Å². The normalized spacial score (nSPS) is 21.7. The molecule has 0 saturated carbocycles. The van der Waals surface area contributed by atoms with Crippen LogP contribution in [-0.2, 0) is 4.74 Å². The second-order valence-corrected chi connectivity index (χ2v) is 6.07. The molecule has 1 aliphatic heterocycles. The molecule has 102 valence electrons. The molecule has 0 aromatic heterocycles. The number of likely N-dealkylation sites (tertiary alicyclic amines) is 1. The van der Waals surface area contributed by atoms with Gasteiger partial charge in [-0.2, -0.15) is 0 Å². The van der Waals surface area contributed by atoms with Gasteiger partial charge in [0.15, 0.2) is 0 Å². The third-order valence-electron chi connectivity index (χ3n) is 3.88. The number of hydrogen-bond acceptors (Lipinski definition) is 3. The zero-order valence-corrected chi connectivity index (χ0v) is 12.3. The van der Waals surface area contributed by atoms with Crippen molar-refractivity contribution in [2.75, 3.05) is 26.7 Å². The molecule has 0 aliphatic carbocycles. The van der Waals surface area contributed by atoms with E-state index >= 15 is 0 Å². The van der Waals surface area contributed by atoms with E-state index in [1.54, 1.807) is 7.11 Å². The van der Waals surface area contributed by atoms with Crippen LogP contribution in [0.5, 0.6) is 0 Å². The standard InChI is InChI=1S/C14H30N2O/c1-12(10-14(3,4)17-5)15-11-13(2)16-8-6-7-9-16/h12-13,15H,6-11H2,1-5H3. The fourth-order valence-electron chi connectivity index (χ4n) is 2.58. The molecule has 1 rings (SSSR count). The smallest absolute Gasteiger partial charge is 0.0637 e. The summed E-state index contributed by atoms with van der Waals surface area (Å²) < 4.78 is 5.46. The molecule has 0 bridgehead atoms. The fraction of sp³-hybridized carbons (Fsp3) is 1.00. The first kappa shape index (κ1) is 14.9.